The fourth-order valence-corrected chi connectivity index (χ4v) is 3.41. The molecule has 22 heavy (non-hydrogen) atoms. The van der Waals surface area contributed by atoms with Gasteiger partial charge in [0.2, 0.25) is 6.41 Å². The van der Waals surface area contributed by atoms with Crippen molar-refractivity contribution in [3.05, 3.63) is 22.9 Å². The first-order valence-electron chi connectivity index (χ1n) is 6.77. The van der Waals surface area contributed by atoms with Crippen molar-refractivity contribution < 1.29 is 19.4 Å². The topological polar surface area (TPSA) is 82.6 Å². The number of hydrogen-bond acceptors (Lipinski definition) is 4. The lowest BCUT2D eigenvalue weighted by Gasteiger charge is -2.11. The molecule has 1 aromatic heterocycles. The van der Waals surface area contributed by atoms with Gasteiger partial charge in [-0.25, -0.2) is 4.79 Å². The van der Waals surface area contributed by atoms with E-state index in [4.69, 9.17) is 16.3 Å². The third kappa shape index (κ3) is 1.87. The van der Waals surface area contributed by atoms with E-state index in [2.05, 4.69) is 4.98 Å². The molecule has 6 nitrogen and oxygen atoms in total. The molecule has 2 aromatic rings. The average molecular weight is 323 g/mol. The number of anilines is 1. The predicted molar refractivity (Wildman–Crippen MR) is 82.9 cm³/mol. The fraction of sp³-hybridized carbons (Fsp3) is 0.333. The molecule has 1 aliphatic rings. The fourth-order valence-electron chi connectivity index (χ4n) is 3.15. The monoisotopic (exact) mass is 322 g/mol. The second-order valence-corrected chi connectivity index (χ2v) is 5.61. The van der Waals surface area contributed by atoms with Crippen LogP contribution >= 0.6 is 11.6 Å². The number of carbonyl (C=O) groups is 2. The molecule has 1 aromatic carbocycles. The number of aromatic hydroxyl groups is 1. The molecule has 7 heteroatoms. The number of hydrogen-bond donors (Lipinski definition) is 2. The van der Waals surface area contributed by atoms with Crippen LogP contribution in [-0.4, -0.2) is 42.0 Å². The molecule has 0 fully saturated rings. The minimum Gasteiger partial charge on any atom is -0.506 e. The Morgan fingerprint density at radius 1 is 1.64 bits per heavy atom. The molecule has 1 amide bonds. The summed E-state index contributed by atoms with van der Waals surface area (Å²) in [5.74, 6) is -0.311. The average Bonchev–Trinajstić information content (AvgIpc) is 3.03. The SMILES string of the molecule is COC(=O)c1c(C)[nH]c2c(O)cc3c(c12)C(CCl)CN3C=O. The molecule has 2 N–H and O–H groups in total. The van der Waals surface area contributed by atoms with E-state index in [1.165, 1.54) is 18.1 Å². The van der Waals surface area contributed by atoms with Gasteiger partial charge in [0.05, 0.1) is 23.9 Å². The summed E-state index contributed by atoms with van der Waals surface area (Å²) in [7, 11) is 1.31. The van der Waals surface area contributed by atoms with Crippen molar-refractivity contribution in [2.24, 2.45) is 0 Å². The van der Waals surface area contributed by atoms with E-state index in [1.807, 2.05) is 0 Å². The number of nitrogens with one attached hydrogen (secondary N) is 1. The molecule has 0 bridgehead atoms. The molecule has 0 saturated carbocycles. The van der Waals surface area contributed by atoms with Gasteiger partial charge in [-0.3, -0.25) is 4.79 Å². The first-order chi connectivity index (χ1) is 10.5. The van der Waals surface area contributed by atoms with Crippen LogP contribution in [0.5, 0.6) is 5.75 Å². The maximum absolute atomic E-state index is 12.1. The van der Waals surface area contributed by atoms with E-state index >= 15 is 0 Å². The standard InChI is InChI=1S/C15H15ClN2O4/c1-7-11(15(21)22-2)13-12-8(4-16)5-18(6-19)9(12)3-10(20)14(13)17-7/h3,6,8,17,20H,4-5H2,1-2H3. The number of amides is 1. The molecule has 3 rings (SSSR count). The molecule has 0 spiro atoms. The molecule has 2 heterocycles. The molecular formula is C15H15ClN2O4. The van der Waals surface area contributed by atoms with E-state index in [9.17, 15) is 14.7 Å². The Bertz CT molecular complexity index is 784. The number of aromatic amines is 1. The molecule has 1 unspecified atom stereocenters. The van der Waals surface area contributed by atoms with Crippen LogP contribution in [0, 0.1) is 6.92 Å². The molecular weight excluding hydrogens is 308 g/mol. The van der Waals surface area contributed by atoms with Crippen LogP contribution in [0.3, 0.4) is 0 Å². The minimum atomic E-state index is -0.491. The lowest BCUT2D eigenvalue weighted by Crippen LogP contribution is -2.19. The highest BCUT2D eigenvalue weighted by Gasteiger charge is 2.34. The Balaban J connectivity index is 2.43. The highest BCUT2D eigenvalue weighted by molar-refractivity contribution is 6.19. The number of benzene rings is 1. The Labute approximate surface area is 131 Å². The van der Waals surface area contributed by atoms with Crippen LogP contribution < -0.4 is 4.90 Å². The van der Waals surface area contributed by atoms with Gasteiger partial charge in [0.25, 0.3) is 0 Å². The lowest BCUT2D eigenvalue weighted by molar-refractivity contribution is -0.107. The van der Waals surface area contributed by atoms with Gasteiger partial charge < -0.3 is 19.7 Å². The highest BCUT2D eigenvalue weighted by atomic mass is 35.5. The number of ether oxygens (including phenoxy) is 1. The van der Waals surface area contributed by atoms with Gasteiger partial charge in [0, 0.05) is 35.5 Å². The predicted octanol–water partition coefficient (Wildman–Crippen LogP) is 2.27. The number of alkyl halides is 1. The number of esters is 1. The Morgan fingerprint density at radius 3 is 2.95 bits per heavy atom. The molecule has 0 radical (unpaired) electrons. The van der Waals surface area contributed by atoms with Gasteiger partial charge in [-0.05, 0) is 12.5 Å². The smallest absolute Gasteiger partial charge is 0.340 e. The van der Waals surface area contributed by atoms with Gasteiger partial charge in [-0.15, -0.1) is 11.6 Å². The number of aromatic nitrogens is 1. The summed E-state index contributed by atoms with van der Waals surface area (Å²) in [6.45, 7) is 2.16. The van der Waals surface area contributed by atoms with Crippen molar-refractivity contribution in [1.82, 2.24) is 4.98 Å². The summed E-state index contributed by atoms with van der Waals surface area (Å²) < 4.78 is 4.85. The first kappa shape index (κ1) is 14.7. The zero-order chi connectivity index (χ0) is 16.0. The van der Waals surface area contributed by atoms with E-state index in [0.29, 0.717) is 46.7 Å². The van der Waals surface area contributed by atoms with Crippen molar-refractivity contribution >= 4 is 40.6 Å². The van der Waals surface area contributed by atoms with E-state index in [0.717, 1.165) is 5.56 Å². The van der Waals surface area contributed by atoms with E-state index in [-0.39, 0.29) is 11.7 Å². The van der Waals surface area contributed by atoms with Gasteiger partial charge in [-0.2, -0.15) is 0 Å². The maximum atomic E-state index is 12.1. The Hall–Kier alpha value is -2.21. The largest absolute Gasteiger partial charge is 0.506 e. The molecule has 1 aliphatic heterocycles. The summed E-state index contributed by atoms with van der Waals surface area (Å²) in [6.07, 6.45) is 0.702. The first-order valence-corrected chi connectivity index (χ1v) is 7.31. The summed E-state index contributed by atoms with van der Waals surface area (Å²) in [5, 5.41) is 10.8. The zero-order valence-electron chi connectivity index (χ0n) is 12.1. The Morgan fingerprint density at radius 2 is 2.36 bits per heavy atom. The second kappa shape index (κ2) is 5.21. The number of nitrogens with zero attached hydrogens (tertiary/aromatic N) is 1. The van der Waals surface area contributed by atoms with Crippen LogP contribution in [0.1, 0.15) is 27.5 Å². The van der Waals surface area contributed by atoms with Crippen molar-refractivity contribution in [2.45, 2.75) is 12.8 Å². The second-order valence-electron chi connectivity index (χ2n) is 5.30. The van der Waals surface area contributed by atoms with Gasteiger partial charge in [0.1, 0.15) is 5.75 Å². The third-order valence-electron chi connectivity index (χ3n) is 4.10. The van der Waals surface area contributed by atoms with Gasteiger partial charge in [0.15, 0.2) is 0 Å². The van der Waals surface area contributed by atoms with Crippen LogP contribution in [0.2, 0.25) is 0 Å². The number of fused-ring (bicyclic) bond motifs is 3. The van der Waals surface area contributed by atoms with Crippen molar-refractivity contribution in [2.75, 3.05) is 24.4 Å². The summed E-state index contributed by atoms with van der Waals surface area (Å²) in [5.41, 5.74) is 2.80. The van der Waals surface area contributed by atoms with Crippen LogP contribution in [-0.2, 0) is 9.53 Å². The normalized spacial score (nSPS) is 16.9. The van der Waals surface area contributed by atoms with Crippen LogP contribution in [0.25, 0.3) is 10.9 Å². The third-order valence-corrected chi connectivity index (χ3v) is 4.47. The Kier molecular flexibility index (Phi) is 3.48. The molecule has 0 aliphatic carbocycles. The van der Waals surface area contributed by atoms with E-state index < -0.39 is 5.97 Å². The van der Waals surface area contributed by atoms with Gasteiger partial charge in [-0.1, -0.05) is 0 Å². The number of phenols is 1. The van der Waals surface area contributed by atoms with E-state index in [1.54, 1.807) is 6.92 Å². The quantitative estimate of drug-likeness (QED) is 0.516. The van der Waals surface area contributed by atoms with Crippen molar-refractivity contribution in [3.63, 3.8) is 0 Å². The number of methoxy groups -OCH3 is 1. The number of H-pyrrole nitrogens is 1. The van der Waals surface area contributed by atoms with Gasteiger partial charge >= 0.3 is 5.97 Å². The highest BCUT2D eigenvalue weighted by Crippen LogP contribution is 2.46. The number of phenolic OH excluding ortho intramolecular Hbond substituents is 1. The summed E-state index contributed by atoms with van der Waals surface area (Å²) in [6, 6.07) is 1.52. The maximum Gasteiger partial charge on any atom is 0.340 e. The van der Waals surface area contributed by atoms with Crippen molar-refractivity contribution in [3.8, 4) is 5.75 Å². The minimum absolute atomic E-state index is 0.0194. The molecule has 116 valence electrons. The number of rotatable bonds is 3. The molecule has 0 saturated heterocycles. The number of halogens is 1. The number of carbonyl (C=O) groups excluding carboxylic acids is 2. The number of aryl methyl sites for hydroxylation is 1. The molecule has 1 atom stereocenters. The lowest BCUT2D eigenvalue weighted by atomic mass is 9.95. The summed E-state index contributed by atoms with van der Waals surface area (Å²) >= 11 is 6.04. The summed E-state index contributed by atoms with van der Waals surface area (Å²) in [4.78, 5) is 27.9. The van der Waals surface area contributed by atoms with Crippen LogP contribution in [0.4, 0.5) is 5.69 Å². The zero-order valence-corrected chi connectivity index (χ0v) is 12.9. The van der Waals surface area contributed by atoms with Crippen molar-refractivity contribution in [1.29, 1.82) is 0 Å². The van der Waals surface area contributed by atoms with Crippen LogP contribution in [0.15, 0.2) is 6.07 Å².